The maximum absolute atomic E-state index is 14.8. The highest BCUT2D eigenvalue weighted by molar-refractivity contribution is 5.95. The number of alkyl halides is 2. The van der Waals surface area contributed by atoms with Crippen molar-refractivity contribution in [2.75, 3.05) is 33.1 Å². The predicted octanol–water partition coefficient (Wildman–Crippen LogP) is 5.94. The first-order chi connectivity index (χ1) is 18.8. The average Bonchev–Trinajstić information content (AvgIpc) is 3.35. The van der Waals surface area contributed by atoms with E-state index in [2.05, 4.69) is 10.3 Å². The maximum atomic E-state index is 14.8. The highest BCUT2D eigenvalue weighted by Crippen LogP contribution is 2.42. The SMILES string of the molecule is CNc1nc(C2CC(F)(F)CCN2Cc2c(OC)cc(C)c3c2ccn3C(=O)OC(C)(C)C)ccc1C(=O)OC. The lowest BCUT2D eigenvalue weighted by Gasteiger charge is -2.39. The van der Waals surface area contributed by atoms with E-state index in [-0.39, 0.29) is 30.9 Å². The molecule has 9 nitrogen and oxygen atoms in total. The zero-order valence-electron chi connectivity index (χ0n) is 23.9. The number of hydrogen-bond donors (Lipinski definition) is 1. The molecule has 1 aromatic carbocycles. The number of fused-ring (bicyclic) bond motifs is 1. The Labute approximate surface area is 232 Å². The van der Waals surface area contributed by atoms with E-state index in [4.69, 9.17) is 14.2 Å². The summed E-state index contributed by atoms with van der Waals surface area (Å²) in [6.07, 6.45) is 0.408. The van der Waals surface area contributed by atoms with Crippen molar-refractivity contribution >= 4 is 28.8 Å². The van der Waals surface area contributed by atoms with Crippen LogP contribution in [0, 0.1) is 6.92 Å². The summed E-state index contributed by atoms with van der Waals surface area (Å²) in [7, 11) is 4.43. The number of nitrogens with one attached hydrogen (secondary N) is 1. The van der Waals surface area contributed by atoms with Gasteiger partial charge in [-0.1, -0.05) is 0 Å². The van der Waals surface area contributed by atoms with Gasteiger partial charge in [0.25, 0.3) is 5.92 Å². The van der Waals surface area contributed by atoms with Gasteiger partial charge in [-0.15, -0.1) is 0 Å². The summed E-state index contributed by atoms with van der Waals surface area (Å²) < 4.78 is 47.1. The van der Waals surface area contributed by atoms with Crippen molar-refractivity contribution in [3.63, 3.8) is 0 Å². The number of carbonyl (C=O) groups excluding carboxylic acids is 2. The lowest BCUT2D eigenvalue weighted by atomic mass is 9.93. The van der Waals surface area contributed by atoms with Crippen molar-refractivity contribution in [1.82, 2.24) is 14.5 Å². The third-order valence-electron chi connectivity index (χ3n) is 7.00. The molecule has 0 radical (unpaired) electrons. The third kappa shape index (κ3) is 5.89. The zero-order valence-corrected chi connectivity index (χ0v) is 23.9. The van der Waals surface area contributed by atoms with Crippen molar-refractivity contribution in [1.29, 1.82) is 0 Å². The second-order valence-corrected chi connectivity index (χ2v) is 11.0. The first-order valence-electron chi connectivity index (χ1n) is 13.1. The van der Waals surface area contributed by atoms with Gasteiger partial charge in [-0.3, -0.25) is 9.47 Å². The number of likely N-dealkylation sites (tertiary alicyclic amines) is 1. The summed E-state index contributed by atoms with van der Waals surface area (Å²) in [4.78, 5) is 31.6. The summed E-state index contributed by atoms with van der Waals surface area (Å²) in [6.45, 7) is 7.67. The maximum Gasteiger partial charge on any atom is 0.419 e. The number of esters is 1. The smallest absolute Gasteiger partial charge is 0.419 e. The van der Waals surface area contributed by atoms with Gasteiger partial charge in [0.1, 0.15) is 22.7 Å². The van der Waals surface area contributed by atoms with Crippen LogP contribution in [0.25, 0.3) is 10.9 Å². The van der Waals surface area contributed by atoms with E-state index < -0.39 is 36.0 Å². The minimum atomic E-state index is -2.88. The van der Waals surface area contributed by atoms with Crippen LogP contribution >= 0.6 is 0 Å². The molecule has 0 spiro atoms. The van der Waals surface area contributed by atoms with Gasteiger partial charge in [-0.05, 0) is 57.5 Å². The fraction of sp³-hybridized carbons (Fsp3) is 0.483. The molecule has 1 aliphatic heterocycles. The number of halogens is 2. The van der Waals surface area contributed by atoms with Gasteiger partial charge in [0.15, 0.2) is 0 Å². The van der Waals surface area contributed by atoms with E-state index >= 15 is 0 Å². The number of anilines is 1. The largest absolute Gasteiger partial charge is 0.496 e. The molecule has 1 N–H and O–H groups in total. The molecule has 0 aliphatic carbocycles. The molecule has 2 aromatic heterocycles. The zero-order chi connectivity index (χ0) is 29.4. The second-order valence-electron chi connectivity index (χ2n) is 11.0. The Balaban J connectivity index is 1.77. The third-order valence-corrected chi connectivity index (χ3v) is 7.00. The minimum absolute atomic E-state index is 0.109. The van der Waals surface area contributed by atoms with E-state index in [0.717, 1.165) is 16.5 Å². The Morgan fingerprint density at radius 3 is 2.55 bits per heavy atom. The molecule has 11 heteroatoms. The number of ether oxygens (including phenoxy) is 3. The van der Waals surface area contributed by atoms with Gasteiger partial charge in [0.05, 0.1) is 31.5 Å². The highest BCUT2D eigenvalue weighted by atomic mass is 19.3. The molecular formula is C29H36F2N4O5. The van der Waals surface area contributed by atoms with Crippen molar-refractivity contribution in [2.45, 2.75) is 64.6 Å². The molecule has 216 valence electrons. The molecule has 3 aromatic rings. The van der Waals surface area contributed by atoms with Crippen LogP contribution < -0.4 is 10.1 Å². The van der Waals surface area contributed by atoms with Gasteiger partial charge in [0, 0.05) is 50.1 Å². The summed E-state index contributed by atoms with van der Waals surface area (Å²) >= 11 is 0. The van der Waals surface area contributed by atoms with Crippen LogP contribution in [-0.2, 0) is 16.0 Å². The number of nitrogens with zero attached hydrogens (tertiary/aromatic N) is 3. The van der Waals surface area contributed by atoms with E-state index in [9.17, 15) is 18.4 Å². The number of piperidine rings is 1. The van der Waals surface area contributed by atoms with Gasteiger partial charge in [-0.2, -0.15) is 0 Å². The normalized spacial score (nSPS) is 17.5. The fourth-order valence-corrected chi connectivity index (χ4v) is 5.16. The Hall–Kier alpha value is -3.73. The van der Waals surface area contributed by atoms with Crippen LogP contribution in [-0.4, -0.2) is 65.8 Å². The molecule has 4 rings (SSSR count). The fourth-order valence-electron chi connectivity index (χ4n) is 5.16. The molecule has 0 amide bonds. The van der Waals surface area contributed by atoms with Crippen LogP contribution in [0.15, 0.2) is 30.5 Å². The first-order valence-corrected chi connectivity index (χ1v) is 13.1. The van der Waals surface area contributed by atoms with Gasteiger partial charge < -0.3 is 19.5 Å². The Bertz CT molecular complexity index is 1430. The monoisotopic (exact) mass is 558 g/mol. The number of benzene rings is 1. The number of hydrogen-bond acceptors (Lipinski definition) is 8. The van der Waals surface area contributed by atoms with Crippen LogP contribution in [0.1, 0.15) is 66.8 Å². The Morgan fingerprint density at radius 2 is 1.93 bits per heavy atom. The summed E-state index contributed by atoms with van der Waals surface area (Å²) in [5.74, 6) is -2.61. The molecule has 1 aliphatic rings. The Morgan fingerprint density at radius 1 is 1.20 bits per heavy atom. The standard InChI is InChI=1S/C29H36F2N4O5/c1-17-14-23(38-6)20(18-10-12-35(24(17)18)27(37)40-28(2,3)4)16-34-13-11-29(30,31)15-22(34)21-9-8-19(26(36)39-7)25(32-5)33-21/h8-10,12,14,22H,11,13,15-16H2,1-7H3,(H,32,33). The highest BCUT2D eigenvalue weighted by Gasteiger charge is 2.42. The molecule has 40 heavy (non-hydrogen) atoms. The Kier molecular flexibility index (Phi) is 8.07. The molecule has 0 bridgehead atoms. The van der Waals surface area contributed by atoms with Crippen LogP contribution in [0.3, 0.4) is 0 Å². The van der Waals surface area contributed by atoms with Crippen LogP contribution in [0.2, 0.25) is 0 Å². The van der Waals surface area contributed by atoms with E-state index in [1.807, 2.05) is 24.0 Å². The van der Waals surface area contributed by atoms with Crippen molar-refractivity contribution < 1.29 is 32.6 Å². The molecule has 0 saturated carbocycles. The second kappa shape index (κ2) is 11.0. The quantitative estimate of drug-likeness (QED) is 0.372. The topological polar surface area (TPSA) is 94.9 Å². The number of rotatable bonds is 6. The van der Waals surface area contributed by atoms with Gasteiger partial charge in [-0.25, -0.2) is 23.4 Å². The molecular weight excluding hydrogens is 522 g/mol. The number of methoxy groups -OCH3 is 2. The molecule has 3 heterocycles. The van der Waals surface area contributed by atoms with Crippen molar-refractivity contribution in [3.05, 3.63) is 52.8 Å². The molecule has 1 fully saturated rings. The number of aryl methyl sites for hydroxylation is 1. The van der Waals surface area contributed by atoms with Gasteiger partial charge >= 0.3 is 12.1 Å². The number of aromatic nitrogens is 2. The summed E-state index contributed by atoms with van der Waals surface area (Å²) in [5, 5.41) is 3.64. The lowest BCUT2D eigenvalue weighted by molar-refractivity contribution is -0.0823. The average molecular weight is 559 g/mol. The van der Waals surface area contributed by atoms with E-state index in [0.29, 0.717) is 17.0 Å². The molecule has 1 atom stereocenters. The van der Waals surface area contributed by atoms with E-state index in [1.165, 1.54) is 17.7 Å². The van der Waals surface area contributed by atoms with Gasteiger partial charge in [0.2, 0.25) is 0 Å². The van der Waals surface area contributed by atoms with Crippen molar-refractivity contribution in [3.8, 4) is 5.75 Å². The van der Waals surface area contributed by atoms with E-state index in [1.54, 1.807) is 47.2 Å². The number of pyridine rings is 1. The summed E-state index contributed by atoms with van der Waals surface area (Å²) in [5.41, 5.74) is 2.19. The molecule has 1 saturated heterocycles. The minimum Gasteiger partial charge on any atom is -0.496 e. The molecule has 1 unspecified atom stereocenters. The lowest BCUT2D eigenvalue weighted by Crippen LogP contribution is -2.42. The van der Waals surface area contributed by atoms with Crippen LogP contribution in [0.5, 0.6) is 5.75 Å². The van der Waals surface area contributed by atoms with Crippen molar-refractivity contribution in [2.24, 2.45) is 0 Å². The first kappa shape index (κ1) is 29.3. The summed E-state index contributed by atoms with van der Waals surface area (Å²) in [6, 6.07) is 6.05. The van der Waals surface area contributed by atoms with Crippen LogP contribution in [0.4, 0.5) is 19.4 Å². The number of carbonyl (C=O) groups is 2. The predicted molar refractivity (Wildman–Crippen MR) is 147 cm³/mol.